The lowest BCUT2D eigenvalue weighted by atomic mass is 9.82. The lowest BCUT2D eigenvalue weighted by molar-refractivity contribution is -0.150. The van der Waals surface area contributed by atoms with Crippen LogP contribution in [0.25, 0.3) is 0 Å². The van der Waals surface area contributed by atoms with E-state index in [0.29, 0.717) is 25.9 Å². The normalized spacial score (nSPS) is 29.1. The molecule has 1 amide bonds. The van der Waals surface area contributed by atoms with Gasteiger partial charge in [-0.15, -0.1) is 0 Å². The van der Waals surface area contributed by atoms with Gasteiger partial charge in [-0.3, -0.25) is 9.59 Å². The maximum absolute atomic E-state index is 12.3. The fourth-order valence-electron chi connectivity index (χ4n) is 2.48. The van der Waals surface area contributed by atoms with E-state index in [1.807, 2.05) is 12.2 Å². The molecule has 5 heteroatoms. The van der Waals surface area contributed by atoms with Gasteiger partial charge in [0.1, 0.15) is 0 Å². The number of amides is 1. The second-order valence-electron chi connectivity index (χ2n) is 4.57. The maximum Gasteiger partial charge on any atom is 0.307 e. The van der Waals surface area contributed by atoms with Gasteiger partial charge >= 0.3 is 5.97 Å². The second kappa shape index (κ2) is 5.31. The van der Waals surface area contributed by atoms with Crippen molar-refractivity contribution in [1.82, 2.24) is 10.2 Å². The van der Waals surface area contributed by atoms with Crippen LogP contribution in [0.4, 0.5) is 0 Å². The molecule has 1 aliphatic carbocycles. The summed E-state index contributed by atoms with van der Waals surface area (Å²) in [7, 11) is 0. The first kappa shape index (κ1) is 12.1. The number of piperazine rings is 1. The summed E-state index contributed by atoms with van der Waals surface area (Å²) >= 11 is 0. The van der Waals surface area contributed by atoms with Gasteiger partial charge in [0.05, 0.1) is 11.8 Å². The summed E-state index contributed by atoms with van der Waals surface area (Å²) in [6, 6.07) is 0. The molecule has 2 N–H and O–H groups in total. The predicted molar refractivity (Wildman–Crippen MR) is 62.4 cm³/mol. The van der Waals surface area contributed by atoms with Gasteiger partial charge in [-0.2, -0.15) is 0 Å². The number of carboxylic acids is 1. The van der Waals surface area contributed by atoms with E-state index in [0.717, 1.165) is 13.1 Å². The van der Waals surface area contributed by atoms with Gasteiger partial charge in [-0.05, 0) is 12.8 Å². The van der Waals surface area contributed by atoms with Crippen molar-refractivity contribution in [3.05, 3.63) is 12.2 Å². The number of carbonyl (C=O) groups excluding carboxylic acids is 1. The highest BCUT2D eigenvalue weighted by Gasteiger charge is 2.36. The van der Waals surface area contributed by atoms with Crippen molar-refractivity contribution < 1.29 is 14.7 Å². The summed E-state index contributed by atoms with van der Waals surface area (Å²) in [5.41, 5.74) is 0. The Kier molecular flexibility index (Phi) is 3.78. The van der Waals surface area contributed by atoms with Crippen LogP contribution in [-0.2, 0) is 9.59 Å². The average molecular weight is 238 g/mol. The number of allylic oxidation sites excluding steroid dienone is 2. The van der Waals surface area contributed by atoms with Gasteiger partial charge < -0.3 is 15.3 Å². The smallest absolute Gasteiger partial charge is 0.307 e. The summed E-state index contributed by atoms with van der Waals surface area (Å²) in [4.78, 5) is 25.2. The fraction of sp³-hybridized carbons (Fsp3) is 0.667. The van der Waals surface area contributed by atoms with Crippen LogP contribution < -0.4 is 5.32 Å². The summed E-state index contributed by atoms with van der Waals surface area (Å²) < 4.78 is 0. The molecule has 17 heavy (non-hydrogen) atoms. The second-order valence-corrected chi connectivity index (χ2v) is 4.57. The third-order valence-corrected chi connectivity index (χ3v) is 3.50. The highest BCUT2D eigenvalue weighted by atomic mass is 16.4. The lowest BCUT2D eigenvalue weighted by Gasteiger charge is -2.33. The standard InChI is InChI=1S/C12H18N2O3/c15-11(14-7-5-13-6-8-14)9-3-1-2-4-10(9)12(16)17/h1-2,9-10,13H,3-8H2,(H,16,17). The Morgan fingerprint density at radius 3 is 2.29 bits per heavy atom. The highest BCUT2D eigenvalue weighted by molar-refractivity contribution is 5.85. The van der Waals surface area contributed by atoms with Crippen LogP contribution in [0.2, 0.25) is 0 Å². The van der Waals surface area contributed by atoms with E-state index in [1.54, 1.807) is 4.90 Å². The first-order chi connectivity index (χ1) is 8.20. The summed E-state index contributed by atoms with van der Waals surface area (Å²) in [6.45, 7) is 2.97. The molecule has 1 aliphatic heterocycles. The lowest BCUT2D eigenvalue weighted by Crippen LogP contribution is -2.50. The van der Waals surface area contributed by atoms with Gasteiger partial charge in [-0.25, -0.2) is 0 Å². The number of nitrogens with one attached hydrogen (secondary N) is 1. The SMILES string of the molecule is O=C(O)C1CC=CCC1C(=O)N1CCNCC1. The molecule has 1 fully saturated rings. The van der Waals surface area contributed by atoms with Crippen molar-refractivity contribution >= 4 is 11.9 Å². The van der Waals surface area contributed by atoms with Gasteiger partial charge in [0, 0.05) is 26.2 Å². The molecule has 5 nitrogen and oxygen atoms in total. The molecule has 94 valence electrons. The summed E-state index contributed by atoms with van der Waals surface area (Å²) in [5, 5.41) is 12.3. The van der Waals surface area contributed by atoms with Gasteiger partial charge in [0.25, 0.3) is 0 Å². The minimum atomic E-state index is -0.858. The number of nitrogens with zero attached hydrogens (tertiary/aromatic N) is 1. The van der Waals surface area contributed by atoms with Crippen LogP contribution in [0.5, 0.6) is 0 Å². The van der Waals surface area contributed by atoms with Crippen LogP contribution in [0.15, 0.2) is 12.2 Å². The fourth-order valence-corrected chi connectivity index (χ4v) is 2.48. The molecule has 1 heterocycles. The van der Waals surface area contributed by atoms with Crippen molar-refractivity contribution in [1.29, 1.82) is 0 Å². The quantitative estimate of drug-likeness (QED) is 0.669. The zero-order valence-corrected chi connectivity index (χ0v) is 9.76. The third kappa shape index (κ3) is 2.66. The molecule has 2 atom stereocenters. The Morgan fingerprint density at radius 2 is 1.71 bits per heavy atom. The molecule has 0 bridgehead atoms. The molecule has 0 aromatic heterocycles. The molecule has 0 saturated carbocycles. The number of carboxylic acid groups (broad SMARTS) is 1. The Bertz CT molecular complexity index is 335. The molecule has 0 spiro atoms. The Balaban J connectivity index is 2.05. The predicted octanol–water partition coefficient (Wildman–Crippen LogP) is 0.0852. The van der Waals surface area contributed by atoms with Gasteiger partial charge in [-0.1, -0.05) is 12.2 Å². The molecular formula is C12H18N2O3. The molecule has 2 unspecified atom stereocenters. The first-order valence-electron chi connectivity index (χ1n) is 6.07. The topological polar surface area (TPSA) is 69.6 Å². The minimum Gasteiger partial charge on any atom is -0.481 e. The average Bonchev–Trinajstić information content (AvgIpc) is 2.39. The Labute approximate surface area is 100 Å². The Morgan fingerprint density at radius 1 is 1.12 bits per heavy atom. The molecule has 0 aromatic carbocycles. The number of aliphatic carboxylic acids is 1. The molecule has 0 aromatic rings. The molecular weight excluding hydrogens is 220 g/mol. The van der Waals surface area contributed by atoms with Crippen molar-refractivity contribution in [3.63, 3.8) is 0 Å². The summed E-state index contributed by atoms with van der Waals surface area (Å²) in [6.07, 6.45) is 4.81. The van der Waals surface area contributed by atoms with E-state index in [4.69, 9.17) is 5.11 Å². The number of carbonyl (C=O) groups is 2. The van der Waals surface area contributed by atoms with E-state index >= 15 is 0 Å². The zero-order chi connectivity index (χ0) is 12.3. The summed E-state index contributed by atoms with van der Waals surface area (Å²) in [5.74, 6) is -1.79. The minimum absolute atomic E-state index is 0.00301. The van der Waals surface area contributed by atoms with Crippen molar-refractivity contribution in [2.75, 3.05) is 26.2 Å². The van der Waals surface area contributed by atoms with Crippen LogP contribution in [-0.4, -0.2) is 48.1 Å². The number of rotatable bonds is 2. The first-order valence-corrected chi connectivity index (χ1v) is 6.07. The largest absolute Gasteiger partial charge is 0.481 e. The van der Waals surface area contributed by atoms with E-state index in [-0.39, 0.29) is 11.8 Å². The zero-order valence-electron chi connectivity index (χ0n) is 9.76. The van der Waals surface area contributed by atoms with E-state index in [1.165, 1.54) is 0 Å². The maximum atomic E-state index is 12.3. The Hall–Kier alpha value is -1.36. The van der Waals surface area contributed by atoms with Crippen molar-refractivity contribution in [3.8, 4) is 0 Å². The van der Waals surface area contributed by atoms with Crippen LogP contribution >= 0.6 is 0 Å². The van der Waals surface area contributed by atoms with Crippen LogP contribution in [0, 0.1) is 11.8 Å². The van der Waals surface area contributed by atoms with Crippen LogP contribution in [0.1, 0.15) is 12.8 Å². The molecule has 1 saturated heterocycles. The van der Waals surface area contributed by atoms with E-state index < -0.39 is 11.9 Å². The third-order valence-electron chi connectivity index (χ3n) is 3.50. The monoisotopic (exact) mass is 238 g/mol. The van der Waals surface area contributed by atoms with Crippen molar-refractivity contribution in [2.24, 2.45) is 11.8 Å². The van der Waals surface area contributed by atoms with E-state index in [2.05, 4.69) is 5.32 Å². The number of hydrogen-bond acceptors (Lipinski definition) is 3. The van der Waals surface area contributed by atoms with Gasteiger partial charge in [0.2, 0.25) is 5.91 Å². The van der Waals surface area contributed by atoms with E-state index in [9.17, 15) is 9.59 Å². The van der Waals surface area contributed by atoms with Crippen LogP contribution in [0.3, 0.4) is 0 Å². The molecule has 2 rings (SSSR count). The molecule has 0 radical (unpaired) electrons. The van der Waals surface area contributed by atoms with Gasteiger partial charge in [0.15, 0.2) is 0 Å². The highest BCUT2D eigenvalue weighted by Crippen LogP contribution is 2.27. The number of hydrogen-bond donors (Lipinski definition) is 2. The van der Waals surface area contributed by atoms with Crippen molar-refractivity contribution in [2.45, 2.75) is 12.8 Å². The molecule has 2 aliphatic rings.